The predicted molar refractivity (Wildman–Crippen MR) is 83.0 cm³/mol. The van der Waals surface area contributed by atoms with Crippen molar-refractivity contribution in [3.8, 4) is 0 Å². The highest BCUT2D eigenvalue weighted by atomic mass is 32.2. The molecular formula is C14H19F7O8S. The number of carbonyl (C=O) groups is 2. The Balaban J connectivity index is 5.64. The summed E-state index contributed by atoms with van der Waals surface area (Å²) in [5.41, 5.74) is 0. The van der Waals surface area contributed by atoms with Gasteiger partial charge in [0.05, 0.1) is 19.1 Å². The monoisotopic (exact) mass is 480 g/mol. The maximum Gasteiger partial charge on any atom is 0.468 e. The smallest absolute Gasteiger partial charge is 0.461 e. The number of ether oxygens (including phenoxy) is 3. The van der Waals surface area contributed by atoms with Gasteiger partial charge >= 0.3 is 45.2 Å². The maximum absolute atomic E-state index is 13.5. The van der Waals surface area contributed by atoms with Crippen LogP contribution >= 0.6 is 0 Å². The van der Waals surface area contributed by atoms with Crippen LogP contribution in [-0.4, -0.2) is 61.3 Å². The van der Waals surface area contributed by atoms with Crippen LogP contribution in [0.1, 0.15) is 33.6 Å². The second kappa shape index (κ2) is 9.64. The van der Waals surface area contributed by atoms with Gasteiger partial charge in [-0.2, -0.15) is 39.2 Å². The van der Waals surface area contributed by atoms with Gasteiger partial charge in [0.2, 0.25) is 0 Å². The van der Waals surface area contributed by atoms with E-state index in [4.69, 9.17) is 4.55 Å². The Morgan fingerprint density at radius 2 is 1.53 bits per heavy atom. The van der Waals surface area contributed by atoms with Crippen LogP contribution in [-0.2, 0) is 33.9 Å². The Bertz CT molecular complexity index is 720. The van der Waals surface area contributed by atoms with Gasteiger partial charge in [-0.3, -0.25) is 9.35 Å². The molecule has 16 heteroatoms. The number of rotatable bonds is 11. The molecule has 1 N–H and O–H groups in total. The van der Waals surface area contributed by atoms with Crippen molar-refractivity contribution in [1.29, 1.82) is 0 Å². The fourth-order valence-corrected chi connectivity index (χ4v) is 2.19. The average Bonchev–Trinajstić information content (AvgIpc) is 2.55. The minimum atomic E-state index is -6.54. The zero-order valence-electron chi connectivity index (χ0n) is 15.8. The fraction of sp³-hybridized carbons (Fsp3) is 0.857. The van der Waals surface area contributed by atoms with Crippen LogP contribution in [0.15, 0.2) is 0 Å². The molecule has 0 aromatic carbocycles. The summed E-state index contributed by atoms with van der Waals surface area (Å²) in [5.74, 6) is -14.8. The van der Waals surface area contributed by atoms with Crippen molar-refractivity contribution in [3.63, 3.8) is 0 Å². The molecule has 0 aromatic rings. The molecule has 0 aliphatic heterocycles. The molecule has 0 saturated carbocycles. The van der Waals surface area contributed by atoms with Crippen LogP contribution in [0.25, 0.3) is 0 Å². The van der Waals surface area contributed by atoms with Crippen molar-refractivity contribution < 1.29 is 67.5 Å². The Hall–Kier alpha value is -1.68. The topological polar surface area (TPSA) is 116 Å². The van der Waals surface area contributed by atoms with Gasteiger partial charge in [0.15, 0.2) is 0 Å². The lowest BCUT2D eigenvalue weighted by molar-refractivity contribution is -0.356. The molecule has 0 heterocycles. The summed E-state index contributed by atoms with van der Waals surface area (Å²) < 4.78 is 135. The van der Waals surface area contributed by atoms with Crippen molar-refractivity contribution >= 4 is 22.1 Å². The largest absolute Gasteiger partial charge is 0.468 e. The van der Waals surface area contributed by atoms with E-state index in [9.17, 15) is 48.7 Å². The molecule has 0 aromatic heterocycles. The van der Waals surface area contributed by atoms with Gasteiger partial charge in [-0.25, -0.2) is 4.79 Å². The van der Waals surface area contributed by atoms with Gasteiger partial charge in [0, 0.05) is 6.42 Å². The Morgan fingerprint density at radius 3 is 1.90 bits per heavy atom. The van der Waals surface area contributed by atoms with E-state index >= 15 is 0 Å². The molecule has 30 heavy (non-hydrogen) atoms. The third-order valence-corrected chi connectivity index (χ3v) is 4.27. The van der Waals surface area contributed by atoms with E-state index in [2.05, 4.69) is 14.2 Å². The van der Waals surface area contributed by atoms with E-state index < -0.39 is 77.2 Å². The van der Waals surface area contributed by atoms with Crippen LogP contribution in [0, 0.1) is 5.92 Å². The molecule has 0 aliphatic rings. The molecule has 0 aliphatic carbocycles. The zero-order valence-corrected chi connectivity index (χ0v) is 16.6. The van der Waals surface area contributed by atoms with Crippen molar-refractivity contribution in [2.75, 3.05) is 13.2 Å². The van der Waals surface area contributed by atoms with Crippen molar-refractivity contribution in [2.24, 2.45) is 5.92 Å². The Kier molecular flexibility index (Phi) is 9.10. The van der Waals surface area contributed by atoms with Crippen LogP contribution in [0.2, 0.25) is 0 Å². The molecular weight excluding hydrogens is 461 g/mol. The van der Waals surface area contributed by atoms with E-state index in [0.717, 1.165) is 20.8 Å². The van der Waals surface area contributed by atoms with Gasteiger partial charge in [0.1, 0.15) is 0 Å². The zero-order chi connectivity index (χ0) is 24.2. The minimum absolute atomic E-state index is 0.627. The first-order valence-electron chi connectivity index (χ1n) is 8.10. The summed E-state index contributed by atoms with van der Waals surface area (Å²) >= 11 is 0. The van der Waals surface area contributed by atoms with Gasteiger partial charge in [-0.05, 0) is 13.3 Å². The quantitative estimate of drug-likeness (QED) is 0.158. The first-order valence-corrected chi connectivity index (χ1v) is 9.54. The summed E-state index contributed by atoms with van der Waals surface area (Å²) in [6.07, 6.45) is -9.20. The summed E-state index contributed by atoms with van der Waals surface area (Å²) in [7, 11) is -6.54. The second-order valence-electron chi connectivity index (χ2n) is 6.06. The standard InChI is InChI=1S/C14H19F7O8S/c1-4-27-10(23)12(13(17,18)19,29-9(22)8(2)3)28-7-5-6-11(15,16)14(20,21)30(24,25)26/h8H,4-7H2,1-3H3,(H,24,25,26). The Labute approximate surface area is 166 Å². The van der Waals surface area contributed by atoms with Gasteiger partial charge in [0.25, 0.3) is 0 Å². The summed E-state index contributed by atoms with van der Waals surface area (Å²) in [4.78, 5) is 23.5. The van der Waals surface area contributed by atoms with Crippen LogP contribution in [0.4, 0.5) is 30.7 Å². The SMILES string of the molecule is CCOC(=O)C(OCCCC(F)(F)C(F)(F)S(=O)(=O)O)(OC(=O)C(C)C)C(F)(F)F. The molecule has 0 rings (SSSR count). The molecule has 0 bridgehead atoms. The lowest BCUT2D eigenvalue weighted by atomic mass is 10.2. The van der Waals surface area contributed by atoms with Gasteiger partial charge in [-0.1, -0.05) is 13.8 Å². The summed E-state index contributed by atoms with van der Waals surface area (Å²) in [6.45, 7) is 1.17. The average molecular weight is 480 g/mol. The molecule has 8 nitrogen and oxygen atoms in total. The lowest BCUT2D eigenvalue weighted by Gasteiger charge is -2.33. The number of hydrogen-bond donors (Lipinski definition) is 1. The maximum atomic E-state index is 13.5. The van der Waals surface area contributed by atoms with Crippen LogP contribution < -0.4 is 0 Å². The first-order chi connectivity index (χ1) is 13.3. The van der Waals surface area contributed by atoms with E-state index in [1.807, 2.05) is 0 Å². The number of halogens is 7. The third kappa shape index (κ3) is 6.16. The van der Waals surface area contributed by atoms with E-state index in [0.29, 0.717) is 0 Å². The number of alkyl halides is 7. The fourth-order valence-electron chi connectivity index (χ4n) is 1.72. The highest BCUT2D eigenvalue weighted by Crippen LogP contribution is 2.42. The lowest BCUT2D eigenvalue weighted by Crippen LogP contribution is -2.58. The molecule has 0 amide bonds. The van der Waals surface area contributed by atoms with Crippen LogP contribution in [0.5, 0.6) is 0 Å². The van der Waals surface area contributed by atoms with E-state index in [1.54, 1.807) is 0 Å². The van der Waals surface area contributed by atoms with Gasteiger partial charge in [-0.15, -0.1) is 0 Å². The summed E-state index contributed by atoms with van der Waals surface area (Å²) in [5, 5.41) is -5.94. The minimum Gasteiger partial charge on any atom is -0.461 e. The highest BCUT2D eigenvalue weighted by molar-refractivity contribution is 7.87. The van der Waals surface area contributed by atoms with Crippen molar-refractivity contribution in [3.05, 3.63) is 0 Å². The van der Waals surface area contributed by atoms with Crippen molar-refractivity contribution in [2.45, 2.75) is 56.8 Å². The normalized spacial score (nSPS) is 15.6. The second-order valence-corrected chi connectivity index (χ2v) is 7.52. The number of hydrogen-bond acceptors (Lipinski definition) is 7. The molecule has 0 saturated heterocycles. The third-order valence-electron chi connectivity index (χ3n) is 3.32. The van der Waals surface area contributed by atoms with E-state index in [1.165, 1.54) is 0 Å². The molecule has 0 spiro atoms. The molecule has 1 atom stereocenters. The number of esters is 2. The van der Waals surface area contributed by atoms with Gasteiger partial charge < -0.3 is 14.2 Å². The number of carbonyl (C=O) groups excluding carboxylic acids is 2. The van der Waals surface area contributed by atoms with E-state index in [-0.39, 0.29) is 0 Å². The van der Waals surface area contributed by atoms with Crippen LogP contribution in [0.3, 0.4) is 0 Å². The summed E-state index contributed by atoms with van der Waals surface area (Å²) in [6, 6.07) is 0. The molecule has 0 fully saturated rings. The first kappa shape index (κ1) is 28.3. The molecule has 178 valence electrons. The highest BCUT2D eigenvalue weighted by Gasteiger charge is 2.68. The predicted octanol–water partition coefficient (Wildman–Crippen LogP) is 2.92. The Morgan fingerprint density at radius 1 is 1.03 bits per heavy atom. The molecule has 1 unspecified atom stereocenters. The van der Waals surface area contributed by atoms with Crippen molar-refractivity contribution in [1.82, 2.24) is 0 Å². The molecule has 0 radical (unpaired) electrons.